The number of nitrogens with zero attached hydrogens (tertiary/aromatic N) is 2. The molecule has 0 aromatic heterocycles. The molecule has 3 aromatic rings. The first kappa shape index (κ1) is 19.1. The van der Waals surface area contributed by atoms with E-state index in [1.54, 1.807) is 24.3 Å². The molecule has 0 aliphatic carbocycles. The zero-order chi connectivity index (χ0) is 19.6. The molecule has 138 valence electrons. The first-order valence-corrected chi connectivity index (χ1v) is 9.29. The monoisotopic (exact) mass is 366 g/mol. The molecule has 28 heavy (non-hydrogen) atoms. The Hall–Kier alpha value is -3.64. The molecule has 0 N–H and O–H groups in total. The Labute approximate surface area is 166 Å². The molecule has 1 amide bonds. The number of rotatable bonds is 7. The topological polar surface area (TPSA) is 44.1 Å². The van der Waals surface area contributed by atoms with Crippen molar-refractivity contribution in [1.82, 2.24) is 4.90 Å². The van der Waals surface area contributed by atoms with Gasteiger partial charge in [0.2, 0.25) is 5.91 Å². The molecule has 0 saturated heterocycles. The molecule has 0 bridgehead atoms. The van der Waals surface area contributed by atoms with E-state index in [9.17, 15) is 4.79 Å². The summed E-state index contributed by atoms with van der Waals surface area (Å²) in [6.07, 6.45) is 4.21. The number of carbonyl (C=O) groups is 1. The van der Waals surface area contributed by atoms with Crippen LogP contribution in [0.25, 0.3) is 6.08 Å². The van der Waals surface area contributed by atoms with Crippen LogP contribution in [0.3, 0.4) is 0 Å². The second kappa shape index (κ2) is 9.89. The standard InChI is InChI=1S/C25H22N2O/c26-19-23-13-11-22(12-14-23)15-16-25(28)27(20-24-9-5-2-6-10-24)18-17-21-7-3-1-4-8-21/h1-16H,17-18,20H2/b16-15+. The van der Waals surface area contributed by atoms with Gasteiger partial charge in [-0.1, -0.05) is 72.8 Å². The number of carbonyl (C=O) groups excluding carboxylic acids is 1. The summed E-state index contributed by atoms with van der Waals surface area (Å²) in [6, 6.07) is 29.5. The Morgan fingerprint density at radius 3 is 2.07 bits per heavy atom. The average Bonchev–Trinajstić information content (AvgIpc) is 2.76. The van der Waals surface area contributed by atoms with Crippen molar-refractivity contribution in [3.63, 3.8) is 0 Å². The van der Waals surface area contributed by atoms with Crippen molar-refractivity contribution in [2.45, 2.75) is 13.0 Å². The second-order valence-corrected chi connectivity index (χ2v) is 6.55. The highest BCUT2D eigenvalue weighted by molar-refractivity contribution is 5.91. The SMILES string of the molecule is N#Cc1ccc(/C=C/C(=O)N(CCc2ccccc2)Cc2ccccc2)cc1. The zero-order valence-electron chi connectivity index (χ0n) is 15.7. The molecule has 0 radical (unpaired) electrons. The highest BCUT2D eigenvalue weighted by Gasteiger charge is 2.11. The maximum absolute atomic E-state index is 12.9. The van der Waals surface area contributed by atoms with E-state index in [-0.39, 0.29) is 5.91 Å². The molecular weight excluding hydrogens is 344 g/mol. The van der Waals surface area contributed by atoms with Crippen LogP contribution in [0.4, 0.5) is 0 Å². The first-order valence-electron chi connectivity index (χ1n) is 9.29. The molecule has 0 fully saturated rings. The molecule has 3 nitrogen and oxygen atoms in total. The van der Waals surface area contributed by atoms with Crippen LogP contribution in [-0.4, -0.2) is 17.4 Å². The van der Waals surface area contributed by atoms with Gasteiger partial charge in [-0.05, 0) is 41.3 Å². The molecule has 0 aliphatic rings. The number of nitriles is 1. The van der Waals surface area contributed by atoms with Gasteiger partial charge in [0.1, 0.15) is 0 Å². The molecule has 0 aliphatic heterocycles. The van der Waals surface area contributed by atoms with Gasteiger partial charge in [-0.2, -0.15) is 5.26 Å². The predicted octanol–water partition coefficient (Wildman–Crippen LogP) is 4.84. The van der Waals surface area contributed by atoms with Crippen LogP contribution in [0, 0.1) is 11.3 Å². The van der Waals surface area contributed by atoms with Gasteiger partial charge >= 0.3 is 0 Å². The second-order valence-electron chi connectivity index (χ2n) is 6.55. The Bertz CT molecular complexity index is 955. The van der Waals surface area contributed by atoms with Crippen molar-refractivity contribution in [1.29, 1.82) is 5.26 Å². The fourth-order valence-corrected chi connectivity index (χ4v) is 2.92. The third kappa shape index (κ3) is 5.69. The van der Waals surface area contributed by atoms with Crippen LogP contribution in [0.2, 0.25) is 0 Å². The molecule has 0 heterocycles. The van der Waals surface area contributed by atoms with E-state index in [0.29, 0.717) is 18.7 Å². The third-order valence-electron chi connectivity index (χ3n) is 4.50. The lowest BCUT2D eigenvalue weighted by atomic mass is 10.1. The minimum atomic E-state index is -0.0239. The summed E-state index contributed by atoms with van der Waals surface area (Å²) in [4.78, 5) is 14.7. The minimum absolute atomic E-state index is 0.0239. The lowest BCUT2D eigenvalue weighted by molar-refractivity contribution is -0.126. The van der Waals surface area contributed by atoms with Gasteiger partial charge in [0, 0.05) is 19.2 Å². The quantitative estimate of drug-likeness (QED) is 0.562. The highest BCUT2D eigenvalue weighted by atomic mass is 16.2. The number of benzene rings is 3. The molecule has 3 heteroatoms. The van der Waals surface area contributed by atoms with Crippen molar-refractivity contribution in [2.75, 3.05) is 6.54 Å². The Morgan fingerprint density at radius 2 is 1.46 bits per heavy atom. The molecule has 0 atom stereocenters. The number of hydrogen-bond donors (Lipinski definition) is 0. The zero-order valence-corrected chi connectivity index (χ0v) is 15.7. The van der Waals surface area contributed by atoms with E-state index in [2.05, 4.69) is 18.2 Å². The summed E-state index contributed by atoms with van der Waals surface area (Å²) in [5.74, 6) is -0.0239. The Kier molecular flexibility index (Phi) is 6.76. The smallest absolute Gasteiger partial charge is 0.246 e. The highest BCUT2D eigenvalue weighted by Crippen LogP contribution is 2.10. The Balaban J connectivity index is 1.71. The van der Waals surface area contributed by atoms with Crippen molar-refractivity contribution in [3.05, 3.63) is 113 Å². The summed E-state index contributed by atoms with van der Waals surface area (Å²) in [5.41, 5.74) is 3.83. The Morgan fingerprint density at radius 1 is 0.857 bits per heavy atom. The fraction of sp³-hybridized carbons (Fsp3) is 0.120. The van der Waals surface area contributed by atoms with E-state index in [4.69, 9.17) is 5.26 Å². The maximum Gasteiger partial charge on any atom is 0.246 e. The number of amides is 1. The average molecular weight is 366 g/mol. The van der Waals surface area contributed by atoms with Crippen LogP contribution >= 0.6 is 0 Å². The van der Waals surface area contributed by atoms with Crippen LogP contribution in [0.1, 0.15) is 22.3 Å². The lowest BCUT2D eigenvalue weighted by Crippen LogP contribution is -2.31. The molecule has 3 aromatic carbocycles. The van der Waals surface area contributed by atoms with Crippen LogP contribution in [0.5, 0.6) is 0 Å². The largest absolute Gasteiger partial charge is 0.335 e. The van der Waals surface area contributed by atoms with Crippen LogP contribution in [-0.2, 0) is 17.8 Å². The van der Waals surface area contributed by atoms with Gasteiger partial charge in [-0.3, -0.25) is 4.79 Å². The number of hydrogen-bond acceptors (Lipinski definition) is 2. The summed E-state index contributed by atoms with van der Waals surface area (Å²) >= 11 is 0. The summed E-state index contributed by atoms with van der Waals surface area (Å²) in [6.45, 7) is 1.22. The van der Waals surface area contributed by atoms with Gasteiger partial charge in [-0.15, -0.1) is 0 Å². The van der Waals surface area contributed by atoms with Gasteiger partial charge < -0.3 is 4.90 Å². The maximum atomic E-state index is 12.9. The van der Waals surface area contributed by atoms with Gasteiger partial charge in [0.15, 0.2) is 0 Å². The molecule has 3 rings (SSSR count). The third-order valence-corrected chi connectivity index (χ3v) is 4.50. The summed E-state index contributed by atoms with van der Waals surface area (Å²) in [7, 11) is 0. The fourth-order valence-electron chi connectivity index (χ4n) is 2.92. The summed E-state index contributed by atoms with van der Waals surface area (Å²) < 4.78 is 0. The summed E-state index contributed by atoms with van der Waals surface area (Å²) in [5, 5.41) is 8.88. The van der Waals surface area contributed by atoms with Crippen LogP contribution < -0.4 is 0 Å². The van der Waals surface area contributed by atoms with E-state index in [1.807, 2.05) is 65.6 Å². The van der Waals surface area contributed by atoms with Gasteiger partial charge in [0.25, 0.3) is 0 Å². The molecular formula is C25H22N2O. The minimum Gasteiger partial charge on any atom is -0.335 e. The van der Waals surface area contributed by atoms with Crippen molar-refractivity contribution < 1.29 is 4.79 Å². The normalized spacial score (nSPS) is 10.5. The van der Waals surface area contributed by atoms with Crippen molar-refractivity contribution in [3.8, 4) is 6.07 Å². The predicted molar refractivity (Wildman–Crippen MR) is 112 cm³/mol. The van der Waals surface area contributed by atoms with E-state index >= 15 is 0 Å². The molecule has 0 spiro atoms. The molecule has 0 unspecified atom stereocenters. The van der Waals surface area contributed by atoms with E-state index < -0.39 is 0 Å². The van der Waals surface area contributed by atoms with Crippen molar-refractivity contribution >= 4 is 12.0 Å². The first-order chi connectivity index (χ1) is 13.7. The van der Waals surface area contributed by atoms with Crippen molar-refractivity contribution in [2.24, 2.45) is 0 Å². The van der Waals surface area contributed by atoms with E-state index in [1.165, 1.54) is 5.56 Å². The lowest BCUT2D eigenvalue weighted by Gasteiger charge is -2.21. The van der Waals surface area contributed by atoms with Crippen LogP contribution in [0.15, 0.2) is 91.0 Å². The van der Waals surface area contributed by atoms with Gasteiger partial charge in [-0.25, -0.2) is 0 Å². The van der Waals surface area contributed by atoms with E-state index in [0.717, 1.165) is 17.5 Å². The van der Waals surface area contributed by atoms with Gasteiger partial charge in [0.05, 0.1) is 11.6 Å². The molecule has 0 saturated carbocycles.